The Bertz CT molecular complexity index is 1150. The summed E-state index contributed by atoms with van der Waals surface area (Å²) < 4.78 is 5.39. The van der Waals surface area contributed by atoms with Gasteiger partial charge in [0.2, 0.25) is 5.82 Å². The van der Waals surface area contributed by atoms with E-state index in [1.54, 1.807) is 24.3 Å². The second-order valence-corrected chi connectivity index (χ2v) is 6.88. The van der Waals surface area contributed by atoms with E-state index in [0.29, 0.717) is 21.5 Å². The summed E-state index contributed by atoms with van der Waals surface area (Å²) in [5.41, 5.74) is 2.60. The van der Waals surface area contributed by atoms with Crippen LogP contribution < -0.4 is 0 Å². The quantitative estimate of drug-likeness (QED) is 0.363. The molecule has 0 fully saturated rings. The van der Waals surface area contributed by atoms with Gasteiger partial charge < -0.3 is 9.63 Å². The molecule has 2 heterocycles. The smallest absolute Gasteiger partial charge is 0.346 e. The van der Waals surface area contributed by atoms with Crippen molar-refractivity contribution in [3.05, 3.63) is 70.6 Å². The topological polar surface area (TPSA) is 100 Å². The van der Waals surface area contributed by atoms with E-state index >= 15 is 0 Å². The summed E-state index contributed by atoms with van der Waals surface area (Å²) in [6, 6.07) is 11.0. The van der Waals surface area contributed by atoms with Gasteiger partial charge in [0.05, 0.1) is 4.88 Å². The number of benzene rings is 1. The first kappa shape index (κ1) is 19.0. The van der Waals surface area contributed by atoms with Crippen molar-refractivity contribution in [1.82, 2.24) is 10.1 Å². The van der Waals surface area contributed by atoms with Gasteiger partial charge in [0.1, 0.15) is 11.6 Å². The van der Waals surface area contributed by atoms with Gasteiger partial charge in [-0.05, 0) is 48.4 Å². The summed E-state index contributed by atoms with van der Waals surface area (Å²) in [5, 5.41) is 21.8. The van der Waals surface area contributed by atoms with Crippen molar-refractivity contribution >= 4 is 29.5 Å². The lowest BCUT2D eigenvalue weighted by molar-refractivity contribution is -0.132. The minimum Gasteiger partial charge on any atom is -0.477 e. The highest BCUT2D eigenvalue weighted by Gasteiger charge is 2.14. The van der Waals surface area contributed by atoms with Crippen LogP contribution in [0, 0.1) is 18.3 Å². The molecule has 0 saturated carbocycles. The molecule has 3 rings (SSSR count). The zero-order valence-corrected chi connectivity index (χ0v) is 15.7. The standard InChI is InChI=1S/C21H15N3O3S/c1-3-4-5-14-10-15(7-6-13(14)2)20-23-19(24-27-20)18-9-8-17(28-18)11-16(12-22)21(25)26/h3-11H,1H2,2H3,(H,25,26)/b5-4-,16-11+. The van der Waals surface area contributed by atoms with Gasteiger partial charge in [0.15, 0.2) is 0 Å². The van der Waals surface area contributed by atoms with Crippen LogP contribution in [0.25, 0.3) is 34.3 Å². The number of nitrogens with zero attached hydrogens (tertiary/aromatic N) is 3. The van der Waals surface area contributed by atoms with Crippen LogP contribution in [0.5, 0.6) is 0 Å². The third-order valence-corrected chi connectivity index (χ3v) is 4.88. The van der Waals surface area contributed by atoms with Gasteiger partial charge in [0, 0.05) is 10.4 Å². The molecule has 7 heteroatoms. The number of carboxylic acid groups (broad SMARTS) is 1. The van der Waals surface area contributed by atoms with Crippen molar-refractivity contribution in [3.8, 4) is 28.2 Å². The number of thiophene rings is 1. The number of carboxylic acids is 1. The molecular formula is C21H15N3O3S. The molecule has 2 aromatic heterocycles. The van der Waals surface area contributed by atoms with Crippen LogP contribution in [0.3, 0.4) is 0 Å². The average Bonchev–Trinajstić information content (AvgIpc) is 3.34. The fourth-order valence-corrected chi connectivity index (χ4v) is 3.28. The van der Waals surface area contributed by atoms with Crippen LogP contribution >= 0.6 is 11.3 Å². The lowest BCUT2D eigenvalue weighted by Gasteiger charge is -2.02. The Hall–Kier alpha value is -3.76. The number of allylic oxidation sites excluding steroid dienone is 2. The van der Waals surface area contributed by atoms with E-state index in [0.717, 1.165) is 16.7 Å². The molecule has 1 aromatic carbocycles. The monoisotopic (exact) mass is 389 g/mol. The first-order valence-electron chi connectivity index (χ1n) is 8.21. The summed E-state index contributed by atoms with van der Waals surface area (Å²) in [5.74, 6) is -0.478. The van der Waals surface area contributed by atoms with E-state index in [2.05, 4.69) is 16.7 Å². The Kier molecular flexibility index (Phi) is 5.63. The van der Waals surface area contributed by atoms with E-state index in [1.165, 1.54) is 17.4 Å². The van der Waals surface area contributed by atoms with Crippen molar-refractivity contribution in [1.29, 1.82) is 5.26 Å². The maximum Gasteiger partial charge on any atom is 0.346 e. The molecule has 0 saturated heterocycles. The van der Waals surface area contributed by atoms with Gasteiger partial charge in [-0.2, -0.15) is 10.2 Å². The van der Waals surface area contributed by atoms with Crippen LogP contribution in [0.1, 0.15) is 16.0 Å². The van der Waals surface area contributed by atoms with Gasteiger partial charge in [0.25, 0.3) is 5.89 Å². The second kappa shape index (κ2) is 8.29. The normalized spacial score (nSPS) is 11.5. The fourth-order valence-electron chi connectivity index (χ4n) is 2.40. The molecule has 0 aliphatic heterocycles. The zero-order valence-electron chi connectivity index (χ0n) is 14.9. The minimum absolute atomic E-state index is 0.332. The molecule has 0 aliphatic carbocycles. The predicted octanol–water partition coefficient (Wildman–Crippen LogP) is 4.96. The largest absolute Gasteiger partial charge is 0.477 e. The summed E-state index contributed by atoms with van der Waals surface area (Å²) in [6.07, 6.45) is 6.84. The van der Waals surface area contributed by atoms with Crippen LogP contribution in [0.2, 0.25) is 0 Å². The van der Waals surface area contributed by atoms with Crippen LogP contribution in [0.15, 0.2) is 59.2 Å². The Morgan fingerprint density at radius 2 is 2.18 bits per heavy atom. The van der Waals surface area contributed by atoms with Gasteiger partial charge >= 0.3 is 5.97 Å². The zero-order chi connectivity index (χ0) is 20.1. The van der Waals surface area contributed by atoms with E-state index in [-0.39, 0.29) is 5.57 Å². The Labute approximate surface area is 165 Å². The lowest BCUT2D eigenvalue weighted by Crippen LogP contribution is -1.96. The van der Waals surface area contributed by atoms with Crippen molar-refractivity contribution in [2.75, 3.05) is 0 Å². The number of nitriles is 1. The lowest BCUT2D eigenvalue weighted by atomic mass is 10.0. The number of rotatable bonds is 6. The van der Waals surface area contributed by atoms with Crippen LogP contribution in [-0.2, 0) is 4.79 Å². The number of hydrogen-bond donors (Lipinski definition) is 1. The Morgan fingerprint density at radius 1 is 1.36 bits per heavy atom. The van der Waals surface area contributed by atoms with Crippen molar-refractivity contribution in [2.45, 2.75) is 6.92 Å². The van der Waals surface area contributed by atoms with Gasteiger partial charge in [-0.3, -0.25) is 0 Å². The van der Waals surface area contributed by atoms with Gasteiger partial charge in [-0.25, -0.2) is 4.79 Å². The number of carbonyl (C=O) groups is 1. The summed E-state index contributed by atoms with van der Waals surface area (Å²) in [7, 11) is 0. The average molecular weight is 389 g/mol. The highest BCUT2D eigenvalue weighted by atomic mass is 32.1. The highest BCUT2D eigenvalue weighted by Crippen LogP contribution is 2.30. The molecule has 1 N–H and O–H groups in total. The molecule has 0 aliphatic rings. The SMILES string of the molecule is C=C/C=C\c1cc(-c2nc(-c3ccc(/C=C(\C#N)C(=O)O)s3)no2)ccc1C. The number of aliphatic carboxylic acids is 1. The van der Waals surface area contributed by atoms with Crippen molar-refractivity contribution in [3.63, 3.8) is 0 Å². The fraction of sp³-hybridized carbons (Fsp3) is 0.0476. The van der Waals surface area contributed by atoms with E-state index in [9.17, 15) is 4.79 Å². The highest BCUT2D eigenvalue weighted by molar-refractivity contribution is 7.16. The third-order valence-electron chi connectivity index (χ3n) is 3.85. The number of aromatic nitrogens is 2. The molecule has 138 valence electrons. The molecule has 0 radical (unpaired) electrons. The molecule has 6 nitrogen and oxygen atoms in total. The summed E-state index contributed by atoms with van der Waals surface area (Å²) in [4.78, 5) is 16.7. The maximum absolute atomic E-state index is 11.0. The number of aryl methyl sites for hydroxylation is 1. The van der Waals surface area contributed by atoms with Crippen molar-refractivity contribution in [2.24, 2.45) is 0 Å². The molecule has 0 unspecified atom stereocenters. The van der Waals surface area contributed by atoms with Crippen LogP contribution in [0.4, 0.5) is 0 Å². The van der Waals surface area contributed by atoms with E-state index in [4.69, 9.17) is 14.9 Å². The van der Waals surface area contributed by atoms with E-state index in [1.807, 2.05) is 37.3 Å². The number of hydrogen-bond acceptors (Lipinski definition) is 6. The molecule has 0 amide bonds. The van der Waals surface area contributed by atoms with Crippen LogP contribution in [-0.4, -0.2) is 21.2 Å². The molecule has 0 spiro atoms. The maximum atomic E-state index is 11.0. The van der Waals surface area contributed by atoms with Crippen molar-refractivity contribution < 1.29 is 14.4 Å². The Balaban J connectivity index is 1.90. The molecule has 0 bridgehead atoms. The first-order chi connectivity index (χ1) is 13.5. The molecule has 3 aromatic rings. The summed E-state index contributed by atoms with van der Waals surface area (Å²) in [6.45, 7) is 5.69. The summed E-state index contributed by atoms with van der Waals surface area (Å²) >= 11 is 1.27. The molecule has 0 atom stereocenters. The molecule has 28 heavy (non-hydrogen) atoms. The first-order valence-corrected chi connectivity index (χ1v) is 9.02. The van der Waals surface area contributed by atoms with E-state index < -0.39 is 5.97 Å². The van der Waals surface area contributed by atoms with Gasteiger partial charge in [-0.15, -0.1) is 11.3 Å². The second-order valence-electron chi connectivity index (χ2n) is 5.77. The third kappa shape index (κ3) is 4.14. The molecular weight excluding hydrogens is 374 g/mol. The minimum atomic E-state index is -1.26. The van der Waals surface area contributed by atoms with Gasteiger partial charge in [-0.1, -0.05) is 36.0 Å². The Morgan fingerprint density at radius 3 is 2.89 bits per heavy atom. The predicted molar refractivity (Wildman–Crippen MR) is 108 cm³/mol.